The molecular weight excluding hydrogens is 482 g/mol. The van der Waals surface area contributed by atoms with E-state index in [4.69, 9.17) is 18.9 Å². The monoisotopic (exact) mass is 525 g/mol. The van der Waals surface area contributed by atoms with Crippen LogP contribution in [0.1, 0.15) is 83.3 Å². The summed E-state index contributed by atoms with van der Waals surface area (Å²) in [5.41, 5.74) is 0.913. The fourth-order valence-electron chi connectivity index (χ4n) is 7.47. The topological polar surface area (TPSA) is 77.5 Å². The largest absolute Gasteiger partial charge is 0.493 e. The molecule has 3 aliphatic carbocycles. The van der Waals surface area contributed by atoms with Gasteiger partial charge in [0.2, 0.25) is 0 Å². The number of piperidine rings is 1. The van der Waals surface area contributed by atoms with Crippen molar-refractivity contribution in [3.05, 3.63) is 34.6 Å². The lowest BCUT2D eigenvalue weighted by Crippen LogP contribution is -2.75. The average molecular weight is 526 g/mol. The van der Waals surface area contributed by atoms with Gasteiger partial charge in [-0.25, -0.2) is 4.79 Å². The molecule has 1 spiro atoms. The quantitative estimate of drug-likeness (QED) is 0.314. The van der Waals surface area contributed by atoms with Gasteiger partial charge in [0.05, 0.1) is 36.4 Å². The molecule has 0 radical (unpaired) electrons. The first-order valence-corrected chi connectivity index (χ1v) is 14.9. The number of aliphatic hydroxyl groups is 1. The molecule has 2 heterocycles. The highest BCUT2D eigenvalue weighted by Gasteiger charge is 2.74. The minimum atomic E-state index is -1.16. The van der Waals surface area contributed by atoms with Gasteiger partial charge in [-0.15, -0.1) is 0 Å². The molecule has 2 bridgehead atoms. The number of rotatable bonds is 12. The number of carbonyl (C=O) groups is 1. The molecule has 2 aliphatic heterocycles. The van der Waals surface area contributed by atoms with Crippen LogP contribution in [0, 0.1) is 5.92 Å². The van der Waals surface area contributed by atoms with E-state index in [9.17, 15) is 9.90 Å². The summed E-state index contributed by atoms with van der Waals surface area (Å²) < 4.78 is 25.0. The summed E-state index contributed by atoms with van der Waals surface area (Å²) in [5, 5.41) is 12.9. The highest BCUT2D eigenvalue weighted by molar-refractivity contribution is 5.90. The van der Waals surface area contributed by atoms with Gasteiger partial charge in [-0.3, -0.25) is 4.90 Å². The maximum absolute atomic E-state index is 13.4. The molecule has 38 heavy (non-hydrogen) atoms. The minimum Gasteiger partial charge on any atom is -0.493 e. The van der Waals surface area contributed by atoms with E-state index in [1.54, 1.807) is 0 Å². The summed E-state index contributed by atoms with van der Waals surface area (Å²) in [7, 11) is 0. The molecule has 5 aliphatic rings. The third kappa shape index (κ3) is 3.87. The maximum Gasteiger partial charge on any atom is 0.337 e. The van der Waals surface area contributed by atoms with Crippen LogP contribution in [-0.2, 0) is 26.1 Å². The molecule has 208 valence electrons. The maximum atomic E-state index is 13.4. The second kappa shape index (κ2) is 10.1. The first-order chi connectivity index (χ1) is 18.5. The summed E-state index contributed by atoms with van der Waals surface area (Å²) in [4.78, 5) is 15.9. The van der Waals surface area contributed by atoms with Crippen molar-refractivity contribution in [2.24, 2.45) is 5.92 Å². The van der Waals surface area contributed by atoms with Crippen molar-refractivity contribution < 1.29 is 28.8 Å². The zero-order valence-electron chi connectivity index (χ0n) is 23.2. The van der Waals surface area contributed by atoms with Crippen LogP contribution in [-0.4, -0.2) is 66.6 Å². The van der Waals surface area contributed by atoms with Crippen LogP contribution in [0.3, 0.4) is 0 Å². The lowest BCUT2D eigenvalue weighted by molar-refractivity contribution is -0.177. The summed E-state index contributed by atoms with van der Waals surface area (Å²) in [6.45, 7) is 9.40. The molecular formula is C31H43NO6. The molecule has 7 nitrogen and oxygen atoms in total. The van der Waals surface area contributed by atoms with E-state index in [0.29, 0.717) is 30.5 Å². The minimum absolute atomic E-state index is 0.0881. The van der Waals surface area contributed by atoms with Crippen LogP contribution in [0.15, 0.2) is 23.5 Å². The van der Waals surface area contributed by atoms with Crippen molar-refractivity contribution >= 4 is 5.97 Å². The summed E-state index contributed by atoms with van der Waals surface area (Å²) in [6.07, 6.45) is 7.55. The zero-order valence-corrected chi connectivity index (χ0v) is 23.2. The van der Waals surface area contributed by atoms with Gasteiger partial charge in [0, 0.05) is 24.6 Å². The normalized spacial score (nSPS) is 31.1. The zero-order chi connectivity index (χ0) is 26.5. The number of ether oxygens (including phenoxy) is 4. The van der Waals surface area contributed by atoms with Gasteiger partial charge in [0.1, 0.15) is 5.76 Å². The van der Waals surface area contributed by atoms with Gasteiger partial charge in [0.25, 0.3) is 0 Å². The van der Waals surface area contributed by atoms with E-state index in [-0.39, 0.29) is 19.1 Å². The van der Waals surface area contributed by atoms with Crippen LogP contribution in [0.4, 0.5) is 0 Å². The Hall–Kier alpha value is -2.25. The Morgan fingerprint density at radius 3 is 2.61 bits per heavy atom. The van der Waals surface area contributed by atoms with Gasteiger partial charge < -0.3 is 24.1 Å². The molecule has 1 aromatic carbocycles. The predicted molar refractivity (Wildman–Crippen MR) is 143 cm³/mol. The number of hydrogen-bond donors (Lipinski definition) is 1. The van der Waals surface area contributed by atoms with Gasteiger partial charge in [-0.05, 0) is 69.5 Å². The number of nitrogens with zero attached hydrogens (tertiary/aromatic N) is 1. The van der Waals surface area contributed by atoms with Gasteiger partial charge in [0.15, 0.2) is 17.6 Å². The SMILES string of the molecule is CCCCOC1=C(C(=O)OCC)C[C@@]2(O)[C@H]3Cc4ccc(OCCCC)c5c4[C@@]2(CCN3CC2CC2)[C@H]1O5. The lowest BCUT2D eigenvalue weighted by atomic mass is 9.49. The van der Waals surface area contributed by atoms with Crippen LogP contribution < -0.4 is 9.47 Å². The fraction of sp³-hybridized carbons (Fsp3) is 0.710. The van der Waals surface area contributed by atoms with Gasteiger partial charge in [-0.2, -0.15) is 0 Å². The Bertz CT molecular complexity index is 1110. The van der Waals surface area contributed by atoms with Crippen LogP contribution >= 0.6 is 0 Å². The molecule has 7 heteroatoms. The van der Waals surface area contributed by atoms with E-state index in [0.717, 1.165) is 68.7 Å². The van der Waals surface area contributed by atoms with Crippen LogP contribution in [0.25, 0.3) is 0 Å². The fourth-order valence-corrected chi connectivity index (χ4v) is 7.47. The van der Waals surface area contributed by atoms with E-state index in [1.807, 2.05) is 13.0 Å². The summed E-state index contributed by atoms with van der Waals surface area (Å²) >= 11 is 0. The molecule has 0 amide bonds. The highest BCUT2D eigenvalue weighted by atomic mass is 16.6. The van der Waals surface area contributed by atoms with Crippen molar-refractivity contribution in [3.63, 3.8) is 0 Å². The molecule has 1 saturated carbocycles. The Balaban J connectivity index is 1.50. The number of likely N-dealkylation sites (tertiary alicyclic amines) is 1. The number of unbranched alkanes of at least 4 members (excludes halogenated alkanes) is 2. The molecule has 4 atom stereocenters. The number of esters is 1. The standard InChI is InChI=1S/C31H43NO6/c1-4-7-15-36-23-12-11-21-17-24-31(34)18-22(29(33)35-6-3)26(37-16-8-5-2)28-30(31,25(21)27(23)38-28)13-14-32(24)19-20-9-10-20/h11-12,20,24,28,34H,4-10,13-19H2,1-3H3/t24-,28+,30+,31-/m1/s1. The Labute approximate surface area is 226 Å². The smallest absolute Gasteiger partial charge is 0.337 e. The van der Waals surface area contributed by atoms with Crippen molar-refractivity contribution in [2.75, 3.05) is 32.9 Å². The lowest BCUT2D eigenvalue weighted by Gasteiger charge is -2.62. The first kappa shape index (κ1) is 26.0. The summed E-state index contributed by atoms with van der Waals surface area (Å²) in [6, 6.07) is 4.13. The van der Waals surface area contributed by atoms with E-state index in [1.165, 1.54) is 18.4 Å². The molecule has 0 unspecified atom stereocenters. The second-order valence-corrected chi connectivity index (χ2v) is 11.9. The van der Waals surface area contributed by atoms with E-state index in [2.05, 4.69) is 24.8 Å². The number of carbonyl (C=O) groups excluding carboxylic acids is 1. The Morgan fingerprint density at radius 2 is 1.89 bits per heavy atom. The van der Waals surface area contributed by atoms with Crippen molar-refractivity contribution in [1.82, 2.24) is 4.90 Å². The third-order valence-corrected chi connectivity index (χ3v) is 9.51. The Kier molecular flexibility index (Phi) is 6.88. The number of hydrogen-bond acceptors (Lipinski definition) is 7. The third-order valence-electron chi connectivity index (χ3n) is 9.51. The van der Waals surface area contributed by atoms with Crippen molar-refractivity contribution in [1.29, 1.82) is 0 Å². The van der Waals surface area contributed by atoms with Crippen LogP contribution in [0.5, 0.6) is 11.5 Å². The molecule has 1 saturated heterocycles. The highest BCUT2D eigenvalue weighted by Crippen LogP contribution is 2.66. The molecule has 1 aromatic rings. The predicted octanol–water partition coefficient (Wildman–Crippen LogP) is 4.67. The van der Waals surface area contributed by atoms with Gasteiger partial charge >= 0.3 is 5.97 Å². The number of benzene rings is 1. The Morgan fingerprint density at radius 1 is 1.13 bits per heavy atom. The summed E-state index contributed by atoms with van der Waals surface area (Å²) in [5.74, 6) is 2.33. The van der Waals surface area contributed by atoms with Crippen molar-refractivity contribution in [2.45, 2.75) is 102 Å². The van der Waals surface area contributed by atoms with Gasteiger partial charge in [-0.1, -0.05) is 32.8 Å². The second-order valence-electron chi connectivity index (χ2n) is 11.9. The molecule has 2 fully saturated rings. The molecule has 0 aromatic heterocycles. The molecule has 6 rings (SSSR count). The first-order valence-electron chi connectivity index (χ1n) is 14.9. The van der Waals surface area contributed by atoms with Crippen LogP contribution in [0.2, 0.25) is 0 Å². The van der Waals surface area contributed by atoms with E-state index >= 15 is 0 Å². The van der Waals surface area contributed by atoms with Crippen molar-refractivity contribution in [3.8, 4) is 11.5 Å². The molecule has 1 N–H and O–H groups in total. The average Bonchev–Trinajstić information content (AvgIpc) is 3.65. The van der Waals surface area contributed by atoms with E-state index < -0.39 is 23.1 Å².